The van der Waals surface area contributed by atoms with Crippen LogP contribution in [0.15, 0.2) is 114 Å². The molecule has 1 aliphatic heterocycles. The summed E-state index contributed by atoms with van der Waals surface area (Å²) in [7, 11) is 0. The summed E-state index contributed by atoms with van der Waals surface area (Å²) in [6, 6.07) is 32.9. The molecule has 7 aromatic rings. The lowest BCUT2D eigenvalue weighted by Crippen LogP contribution is -1.90. The molecule has 0 amide bonds. The SMILES string of the molecule is O=[N+]([O-])c1cccc(-c2c3nc(c4ccc([nH]4)c(-c4cccc([N+](=O)[O-])c4)c4ccc([nH]4)c(-c4ccc(Br)cc4)c4ccc2[nH]4)C=C3)c1. The zero-order valence-electron chi connectivity index (χ0n) is 24.9. The van der Waals surface area contributed by atoms with E-state index in [0.29, 0.717) is 28.1 Å². The monoisotopic (exact) mass is 694 g/mol. The quantitative estimate of drug-likeness (QED) is 0.121. The van der Waals surface area contributed by atoms with Gasteiger partial charge in [-0.3, -0.25) is 20.2 Å². The Morgan fingerprint density at radius 3 is 1.48 bits per heavy atom. The fraction of sp³-hybridized carbons (Fsp3) is 0. The third kappa shape index (κ3) is 5.12. The predicted octanol–water partition coefficient (Wildman–Crippen LogP) is 10.3. The van der Waals surface area contributed by atoms with E-state index >= 15 is 0 Å². The van der Waals surface area contributed by atoms with Crippen molar-refractivity contribution in [2.24, 2.45) is 0 Å². The number of halogens is 1. The summed E-state index contributed by atoms with van der Waals surface area (Å²) in [6.07, 6.45) is 3.80. The Hall–Kier alpha value is -6.33. The molecule has 1 aliphatic rings. The lowest BCUT2D eigenvalue weighted by molar-refractivity contribution is -0.385. The first kappa shape index (κ1) is 29.1. The minimum absolute atomic E-state index is 0.0120. The van der Waals surface area contributed by atoms with Crippen molar-refractivity contribution in [1.29, 1.82) is 0 Å². The summed E-state index contributed by atoms with van der Waals surface area (Å²) in [5.41, 5.74) is 10.5. The number of non-ortho nitro benzene ring substituents is 2. The number of nitro groups is 2. The molecule has 10 nitrogen and oxygen atoms in total. The molecule has 0 atom stereocenters. The van der Waals surface area contributed by atoms with Gasteiger partial charge in [0.2, 0.25) is 0 Å². The molecule has 3 aromatic carbocycles. The van der Waals surface area contributed by atoms with Crippen LogP contribution in [0.1, 0.15) is 11.4 Å². The van der Waals surface area contributed by atoms with Crippen molar-refractivity contribution < 1.29 is 9.85 Å². The molecule has 11 heteroatoms. The van der Waals surface area contributed by atoms with Gasteiger partial charge in [-0.15, -0.1) is 0 Å². The molecule has 8 bridgehead atoms. The van der Waals surface area contributed by atoms with Crippen LogP contribution < -0.4 is 0 Å². The minimum Gasteiger partial charge on any atom is -0.354 e. The molecular weight excluding hydrogens is 672 g/mol. The first-order valence-electron chi connectivity index (χ1n) is 14.9. The minimum atomic E-state index is -0.404. The second-order valence-corrected chi connectivity index (χ2v) is 12.2. The van der Waals surface area contributed by atoms with Crippen LogP contribution in [-0.4, -0.2) is 29.8 Å². The van der Waals surface area contributed by atoms with E-state index in [4.69, 9.17) is 4.98 Å². The summed E-state index contributed by atoms with van der Waals surface area (Å²) >= 11 is 3.55. The molecule has 3 N–H and O–H groups in total. The highest BCUT2D eigenvalue weighted by Crippen LogP contribution is 2.37. The highest BCUT2D eigenvalue weighted by Gasteiger charge is 2.17. The fourth-order valence-corrected chi connectivity index (χ4v) is 6.50. The van der Waals surface area contributed by atoms with Gasteiger partial charge >= 0.3 is 0 Å². The molecule has 0 saturated carbocycles. The Morgan fingerprint density at radius 2 is 0.938 bits per heavy atom. The number of benzene rings is 3. The average molecular weight is 696 g/mol. The number of rotatable bonds is 5. The maximum absolute atomic E-state index is 11.8. The average Bonchev–Trinajstić information content (AvgIpc) is 3.92. The van der Waals surface area contributed by atoms with Gasteiger partial charge in [0.05, 0.1) is 26.8 Å². The van der Waals surface area contributed by atoms with Gasteiger partial charge in [0, 0.05) is 73.0 Å². The van der Waals surface area contributed by atoms with Crippen LogP contribution in [0.2, 0.25) is 0 Å². The number of hydrogen-bond donors (Lipinski definition) is 3. The first-order chi connectivity index (χ1) is 23.3. The lowest BCUT2D eigenvalue weighted by atomic mass is 10.0. The molecule has 232 valence electrons. The molecule has 48 heavy (non-hydrogen) atoms. The summed E-state index contributed by atoms with van der Waals surface area (Å²) in [5, 5.41) is 23.5. The third-order valence-corrected chi connectivity index (χ3v) is 8.93. The number of nitro benzene ring substituents is 2. The largest absolute Gasteiger partial charge is 0.354 e. The van der Waals surface area contributed by atoms with Gasteiger partial charge in [-0.25, -0.2) is 4.98 Å². The molecule has 0 aliphatic carbocycles. The van der Waals surface area contributed by atoms with Gasteiger partial charge in [-0.2, -0.15) is 0 Å². The zero-order chi connectivity index (χ0) is 32.9. The van der Waals surface area contributed by atoms with E-state index in [-0.39, 0.29) is 11.4 Å². The number of hydrogen-bond acceptors (Lipinski definition) is 5. The van der Waals surface area contributed by atoms with Gasteiger partial charge in [0.15, 0.2) is 0 Å². The van der Waals surface area contributed by atoms with Crippen molar-refractivity contribution in [1.82, 2.24) is 19.9 Å². The van der Waals surface area contributed by atoms with E-state index in [9.17, 15) is 20.2 Å². The predicted molar refractivity (Wildman–Crippen MR) is 192 cm³/mol. The zero-order valence-corrected chi connectivity index (χ0v) is 26.5. The van der Waals surface area contributed by atoms with Gasteiger partial charge < -0.3 is 15.0 Å². The Bertz CT molecular complexity index is 2600. The van der Waals surface area contributed by atoms with Gasteiger partial charge in [-0.05, 0) is 77.4 Å². The highest BCUT2D eigenvalue weighted by molar-refractivity contribution is 9.10. The second-order valence-electron chi connectivity index (χ2n) is 11.3. The highest BCUT2D eigenvalue weighted by atomic mass is 79.9. The smallest absolute Gasteiger partial charge is 0.270 e. The molecule has 5 heterocycles. The Morgan fingerprint density at radius 1 is 0.500 bits per heavy atom. The van der Waals surface area contributed by atoms with Crippen LogP contribution >= 0.6 is 15.9 Å². The summed E-state index contributed by atoms with van der Waals surface area (Å²) in [4.78, 5) is 38.4. The van der Waals surface area contributed by atoms with Crippen molar-refractivity contribution in [3.63, 3.8) is 0 Å². The maximum Gasteiger partial charge on any atom is 0.270 e. The van der Waals surface area contributed by atoms with E-state index in [1.54, 1.807) is 24.3 Å². The van der Waals surface area contributed by atoms with Crippen LogP contribution in [0.5, 0.6) is 0 Å². The molecule has 4 aromatic heterocycles. The van der Waals surface area contributed by atoms with Gasteiger partial charge in [-0.1, -0.05) is 52.3 Å². The number of aromatic amines is 3. The van der Waals surface area contributed by atoms with Crippen LogP contribution in [0.4, 0.5) is 11.4 Å². The molecular formula is C37H23BrN6O4. The fourth-order valence-electron chi connectivity index (χ4n) is 6.24. The van der Waals surface area contributed by atoms with E-state index < -0.39 is 9.85 Å². The van der Waals surface area contributed by atoms with E-state index in [1.165, 1.54) is 12.1 Å². The normalized spacial score (nSPS) is 11.7. The molecule has 0 unspecified atom stereocenters. The van der Waals surface area contributed by atoms with Crippen molar-refractivity contribution >= 4 is 72.6 Å². The standard InChI is InChI=1S/C37H23BrN6O4/c38-24-9-7-21(8-10-24)35-29-15-17-33(41-29)36(22-3-1-5-25(19-22)43(45)46)31-13-11-27(39-31)28-12-14-32(40-28)37(34-18-16-30(35)42-34)23-4-2-6-26(20-23)44(47)48/h1-20,39,41-42H. The van der Waals surface area contributed by atoms with Crippen molar-refractivity contribution in [2.75, 3.05) is 0 Å². The summed E-state index contributed by atoms with van der Waals surface area (Å²) in [5.74, 6) is 0. The first-order valence-corrected chi connectivity index (χ1v) is 15.7. The van der Waals surface area contributed by atoms with Crippen LogP contribution in [0.25, 0.3) is 78.6 Å². The van der Waals surface area contributed by atoms with E-state index in [1.807, 2.05) is 84.9 Å². The third-order valence-electron chi connectivity index (χ3n) is 8.40. The molecule has 0 spiro atoms. The topological polar surface area (TPSA) is 147 Å². The van der Waals surface area contributed by atoms with Gasteiger partial charge in [0.25, 0.3) is 11.4 Å². The number of H-pyrrole nitrogens is 3. The Kier molecular flexibility index (Phi) is 6.96. The van der Waals surface area contributed by atoms with Crippen molar-refractivity contribution in [3.8, 4) is 33.4 Å². The van der Waals surface area contributed by atoms with Crippen molar-refractivity contribution in [2.45, 2.75) is 0 Å². The maximum atomic E-state index is 11.8. The summed E-state index contributed by atoms with van der Waals surface area (Å²) in [6.45, 7) is 0. The molecule has 0 saturated heterocycles. The van der Waals surface area contributed by atoms with Crippen LogP contribution in [0.3, 0.4) is 0 Å². The summed E-state index contributed by atoms with van der Waals surface area (Å²) < 4.78 is 0.937. The van der Waals surface area contributed by atoms with Crippen molar-refractivity contribution in [3.05, 3.63) is 145 Å². The van der Waals surface area contributed by atoms with E-state index in [0.717, 1.165) is 54.3 Å². The molecule has 0 radical (unpaired) electrons. The second kappa shape index (κ2) is 11.5. The molecule has 8 rings (SSSR count). The number of nitrogens with zero attached hydrogens (tertiary/aromatic N) is 3. The number of aromatic nitrogens is 4. The van der Waals surface area contributed by atoms with Crippen LogP contribution in [-0.2, 0) is 0 Å². The Balaban J connectivity index is 1.54. The molecule has 0 fully saturated rings. The van der Waals surface area contributed by atoms with Gasteiger partial charge in [0.1, 0.15) is 0 Å². The number of fused-ring (bicyclic) bond motifs is 9. The Labute approximate surface area is 280 Å². The lowest BCUT2D eigenvalue weighted by Gasteiger charge is -2.05. The number of nitrogens with one attached hydrogen (secondary N) is 3. The van der Waals surface area contributed by atoms with E-state index in [2.05, 4.69) is 30.9 Å². The van der Waals surface area contributed by atoms with Crippen LogP contribution in [0, 0.1) is 20.2 Å².